The standard InChI is InChI=1S/C19H24O7/c1-11(20)9-10-15(21)25-16-12(2)17(19(23)24-13(16)3)26-18(22)14-7-5-4-6-8-14/h4-8,12-13,16-17,19,23H,9-10H2,1-3H3/t12-,13?,16+,17?,19+/m0/s1. The first kappa shape index (κ1) is 20.1. The van der Waals surface area contributed by atoms with Gasteiger partial charge in [-0.05, 0) is 26.0 Å². The van der Waals surface area contributed by atoms with Gasteiger partial charge in [-0.3, -0.25) is 4.79 Å². The molecule has 142 valence electrons. The van der Waals surface area contributed by atoms with Crippen molar-refractivity contribution in [3.8, 4) is 0 Å². The van der Waals surface area contributed by atoms with Crippen molar-refractivity contribution in [1.82, 2.24) is 0 Å². The Balaban J connectivity index is 2.04. The molecule has 1 aliphatic rings. The molecule has 2 rings (SSSR count). The van der Waals surface area contributed by atoms with Crippen LogP contribution < -0.4 is 0 Å². The zero-order valence-electron chi connectivity index (χ0n) is 15.1. The van der Waals surface area contributed by atoms with E-state index in [2.05, 4.69) is 0 Å². The van der Waals surface area contributed by atoms with Crippen molar-refractivity contribution in [2.24, 2.45) is 5.92 Å². The van der Waals surface area contributed by atoms with Gasteiger partial charge >= 0.3 is 11.9 Å². The predicted octanol–water partition coefficient (Wildman–Crippen LogP) is 1.87. The number of aliphatic hydroxyl groups is 1. The number of ketones is 1. The molecule has 26 heavy (non-hydrogen) atoms. The summed E-state index contributed by atoms with van der Waals surface area (Å²) < 4.78 is 16.2. The Morgan fingerprint density at radius 3 is 2.31 bits per heavy atom. The molecule has 1 saturated heterocycles. The number of benzene rings is 1. The number of hydrogen-bond acceptors (Lipinski definition) is 7. The second kappa shape index (κ2) is 8.91. The Morgan fingerprint density at radius 1 is 1.04 bits per heavy atom. The smallest absolute Gasteiger partial charge is 0.338 e. The molecule has 5 atom stereocenters. The van der Waals surface area contributed by atoms with Gasteiger partial charge in [0.1, 0.15) is 11.9 Å². The Kier molecular flexibility index (Phi) is 6.88. The second-order valence-corrected chi connectivity index (χ2v) is 6.48. The van der Waals surface area contributed by atoms with Crippen molar-refractivity contribution in [2.45, 2.75) is 58.2 Å². The summed E-state index contributed by atoms with van der Waals surface area (Å²) in [6.45, 7) is 4.78. The maximum Gasteiger partial charge on any atom is 0.338 e. The molecule has 0 amide bonds. The Hall–Kier alpha value is -2.25. The Labute approximate surface area is 152 Å². The summed E-state index contributed by atoms with van der Waals surface area (Å²) in [6, 6.07) is 8.39. The van der Waals surface area contributed by atoms with Gasteiger partial charge in [-0.2, -0.15) is 0 Å². The first-order valence-corrected chi connectivity index (χ1v) is 8.58. The van der Waals surface area contributed by atoms with Crippen molar-refractivity contribution in [3.05, 3.63) is 35.9 Å². The maximum absolute atomic E-state index is 12.3. The molecule has 1 aromatic carbocycles. The number of carbonyl (C=O) groups excluding carboxylic acids is 3. The molecule has 7 heteroatoms. The molecule has 0 bridgehead atoms. The number of ether oxygens (including phenoxy) is 3. The highest BCUT2D eigenvalue weighted by Crippen LogP contribution is 2.30. The lowest BCUT2D eigenvalue weighted by Gasteiger charge is -2.41. The van der Waals surface area contributed by atoms with E-state index in [0.717, 1.165) is 0 Å². The monoisotopic (exact) mass is 364 g/mol. The molecule has 1 fully saturated rings. The van der Waals surface area contributed by atoms with E-state index in [-0.39, 0.29) is 18.6 Å². The first-order valence-electron chi connectivity index (χ1n) is 8.58. The largest absolute Gasteiger partial charge is 0.459 e. The van der Waals surface area contributed by atoms with Crippen LogP contribution in [0.2, 0.25) is 0 Å². The normalized spacial score (nSPS) is 28.2. The van der Waals surface area contributed by atoms with E-state index in [4.69, 9.17) is 14.2 Å². The van der Waals surface area contributed by atoms with Crippen molar-refractivity contribution < 1.29 is 33.7 Å². The number of rotatable bonds is 6. The Bertz CT molecular complexity index is 643. The van der Waals surface area contributed by atoms with Gasteiger partial charge in [0.25, 0.3) is 0 Å². The molecule has 2 unspecified atom stereocenters. The summed E-state index contributed by atoms with van der Waals surface area (Å²) in [7, 11) is 0. The SMILES string of the molecule is CC(=O)CCC(=O)O[C@H]1C(C)O[C@@H](O)C(OC(=O)c2ccccc2)[C@H]1C. The number of hydrogen-bond donors (Lipinski definition) is 1. The predicted molar refractivity (Wildman–Crippen MR) is 91.2 cm³/mol. The summed E-state index contributed by atoms with van der Waals surface area (Å²) in [4.78, 5) is 35.2. The first-order chi connectivity index (χ1) is 12.3. The minimum Gasteiger partial charge on any atom is -0.459 e. The molecule has 1 heterocycles. The average Bonchev–Trinajstić information content (AvgIpc) is 2.61. The molecule has 0 spiro atoms. The van der Waals surface area contributed by atoms with Crippen LogP contribution in [-0.4, -0.2) is 47.4 Å². The molecule has 7 nitrogen and oxygen atoms in total. The van der Waals surface area contributed by atoms with Gasteiger partial charge in [0.15, 0.2) is 12.4 Å². The molecule has 1 aliphatic heterocycles. The van der Waals surface area contributed by atoms with Crippen molar-refractivity contribution in [2.75, 3.05) is 0 Å². The van der Waals surface area contributed by atoms with E-state index >= 15 is 0 Å². The number of carbonyl (C=O) groups is 3. The molecular formula is C19H24O7. The van der Waals surface area contributed by atoms with Crippen LogP contribution in [0.25, 0.3) is 0 Å². The van der Waals surface area contributed by atoms with Crippen molar-refractivity contribution in [1.29, 1.82) is 0 Å². The van der Waals surface area contributed by atoms with Gasteiger partial charge in [0, 0.05) is 12.3 Å². The summed E-state index contributed by atoms with van der Waals surface area (Å²) in [5.41, 5.74) is 0.348. The summed E-state index contributed by atoms with van der Waals surface area (Å²) in [5.74, 6) is -1.71. The van der Waals surface area contributed by atoms with E-state index in [1.807, 2.05) is 0 Å². The van der Waals surface area contributed by atoms with Crippen molar-refractivity contribution in [3.63, 3.8) is 0 Å². The molecule has 0 aromatic heterocycles. The fourth-order valence-corrected chi connectivity index (χ4v) is 2.87. The summed E-state index contributed by atoms with van der Waals surface area (Å²) in [5, 5.41) is 10.1. The summed E-state index contributed by atoms with van der Waals surface area (Å²) >= 11 is 0. The zero-order chi connectivity index (χ0) is 19.3. The molecule has 1 aromatic rings. The van der Waals surface area contributed by atoms with E-state index in [9.17, 15) is 19.5 Å². The van der Waals surface area contributed by atoms with Gasteiger partial charge in [-0.25, -0.2) is 4.79 Å². The lowest BCUT2D eigenvalue weighted by Crippen LogP contribution is -2.55. The van der Waals surface area contributed by atoms with Gasteiger partial charge < -0.3 is 24.1 Å². The second-order valence-electron chi connectivity index (χ2n) is 6.48. The minimum atomic E-state index is -1.32. The lowest BCUT2D eigenvalue weighted by molar-refractivity contribution is -0.265. The van der Waals surface area contributed by atoms with Gasteiger partial charge in [-0.1, -0.05) is 25.1 Å². The molecular weight excluding hydrogens is 340 g/mol. The molecule has 1 N–H and O–H groups in total. The number of aliphatic hydroxyl groups excluding tert-OH is 1. The topological polar surface area (TPSA) is 99.1 Å². The number of Topliss-reactive ketones (excluding diaryl/α,β-unsaturated/α-hetero) is 1. The molecule has 0 radical (unpaired) electrons. The van der Waals surface area contributed by atoms with E-state index in [0.29, 0.717) is 5.56 Å². The third-order valence-corrected chi connectivity index (χ3v) is 4.34. The minimum absolute atomic E-state index is 0.0255. The molecule has 0 saturated carbocycles. The van der Waals surface area contributed by atoms with Crippen LogP contribution in [0.15, 0.2) is 30.3 Å². The van der Waals surface area contributed by atoms with Crippen LogP contribution in [0.1, 0.15) is 44.0 Å². The van der Waals surface area contributed by atoms with Crippen molar-refractivity contribution >= 4 is 17.7 Å². The number of esters is 2. The zero-order valence-corrected chi connectivity index (χ0v) is 15.1. The fraction of sp³-hybridized carbons (Fsp3) is 0.526. The van der Waals surface area contributed by atoms with Gasteiger partial charge in [0.05, 0.1) is 18.1 Å². The Morgan fingerprint density at radius 2 is 1.69 bits per heavy atom. The third-order valence-electron chi connectivity index (χ3n) is 4.34. The highest BCUT2D eigenvalue weighted by Gasteiger charge is 2.45. The molecule has 0 aliphatic carbocycles. The third kappa shape index (κ3) is 5.12. The van der Waals surface area contributed by atoms with E-state index in [1.165, 1.54) is 6.92 Å². The summed E-state index contributed by atoms with van der Waals surface area (Å²) in [6.07, 6.45) is -3.50. The average molecular weight is 364 g/mol. The van der Waals surface area contributed by atoms with Crippen LogP contribution in [0, 0.1) is 5.92 Å². The van der Waals surface area contributed by atoms with E-state index < -0.39 is 42.5 Å². The van der Waals surface area contributed by atoms with Crippen LogP contribution in [0.5, 0.6) is 0 Å². The lowest BCUT2D eigenvalue weighted by atomic mass is 9.91. The van der Waals surface area contributed by atoms with Crippen LogP contribution in [0.4, 0.5) is 0 Å². The van der Waals surface area contributed by atoms with E-state index in [1.54, 1.807) is 44.2 Å². The maximum atomic E-state index is 12.3. The quantitative estimate of drug-likeness (QED) is 0.769. The highest BCUT2D eigenvalue weighted by atomic mass is 16.7. The highest BCUT2D eigenvalue weighted by molar-refractivity contribution is 5.89. The van der Waals surface area contributed by atoms with Crippen LogP contribution in [-0.2, 0) is 23.8 Å². The van der Waals surface area contributed by atoms with Gasteiger partial charge in [0.2, 0.25) is 0 Å². The van der Waals surface area contributed by atoms with Crippen LogP contribution >= 0.6 is 0 Å². The fourth-order valence-electron chi connectivity index (χ4n) is 2.87. The van der Waals surface area contributed by atoms with Gasteiger partial charge in [-0.15, -0.1) is 0 Å². The van der Waals surface area contributed by atoms with Crippen LogP contribution in [0.3, 0.4) is 0 Å².